The number of rotatable bonds is 3. The van der Waals surface area contributed by atoms with Crippen molar-refractivity contribution in [3.8, 4) is 0 Å². The van der Waals surface area contributed by atoms with Gasteiger partial charge in [0.15, 0.2) is 0 Å². The Hall–Kier alpha value is -1.27. The van der Waals surface area contributed by atoms with Gasteiger partial charge in [0.2, 0.25) is 0 Å². The summed E-state index contributed by atoms with van der Waals surface area (Å²) in [6.07, 6.45) is 2.05. The van der Waals surface area contributed by atoms with Crippen LogP contribution in [0.4, 0.5) is 11.4 Å². The van der Waals surface area contributed by atoms with E-state index in [1.54, 1.807) is 6.07 Å². The largest absolute Gasteiger partial charge is 0.383 e. The van der Waals surface area contributed by atoms with Crippen LogP contribution in [-0.4, -0.2) is 20.5 Å². The Morgan fingerprint density at radius 3 is 2.68 bits per heavy atom. The van der Waals surface area contributed by atoms with E-state index < -0.39 is 15.7 Å². The van der Waals surface area contributed by atoms with Crippen LogP contribution >= 0.6 is 0 Å². The molecule has 1 heterocycles. The van der Waals surface area contributed by atoms with Crippen LogP contribution in [0.1, 0.15) is 32.8 Å². The number of benzene rings is 1. The molecule has 106 valence electrons. The van der Waals surface area contributed by atoms with Crippen LogP contribution in [0.25, 0.3) is 0 Å². The predicted molar refractivity (Wildman–Crippen MR) is 78.7 cm³/mol. The van der Waals surface area contributed by atoms with Crippen molar-refractivity contribution < 1.29 is 8.42 Å². The average Bonchev–Trinajstić information content (AvgIpc) is 2.25. The van der Waals surface area contributed by atoms with Crippen molar-refractivity contribution in [1.82, 2.24) is 4.72 Å². The van der Waals surface area contributed by atoms with Crippen molar-refractivity contribution >= 4 is 21.6 Å². The second-order valence-corrected chi connectivity index (χ2v) is 7.24. The van der Waals surface area contributed by atoms with Crippen LogP contribution in [0, 0.1) is 0 Å². The molecule has 0 aromatic heterocycles. The molecule has 0 bridgehead atoms. The van der Waals surface area contributed by atoms with Gasteiger partial charge >= 0.3 is 0 Å². The lowest BCUT2D eigenvalue weighted by molar-refractivity contribution is 0.494. The zero-order valence-corrected chi connectivity index (χ0v) is 12.4. The summed E-state index contributed by atoms with van der Waals surface area (Å²) in [5, 5.41) is 3.26. The third-order valence-electron chi connectivity index (χ3n) is 2.76. The number of aryl methyl sites for hydroxylation is 1. The number of hydrogen-bond acceptors (Lipinski definition) is 3. The summed E-state index contributed by atoms with van der Waals surface area (Å²) in [7, 11) is -3.57. The first-order chi connectivity index (χ1) is 8.77. The molecule has 0 spiro atoms. The molecule has 3 N–H and O–H groups in total. The van der Waals surface area contributed by atoms with Gasteiger partial charge in [0.1, 0.15) is 0 Å². The van der Waals surface area contributed by atoms with Gasteiger partial charge in [-0.05, 0) is 45.2 Å². The van der Waals surface area contributed by atoms with Crippen molar-refractivity contribution in [1.29, 1.82) is 0 Å². The van der Waals surface area contributed by atoms with Crippen LogP contribution < -0.4 is 14.8 Å². The highest BCUT2D eigenvalue weighted by Crippen LogP contribution is 2.30. The van der Waals surface area contributed by atoms with Gasteiger partial charge in [-0.2, -0.15) is 13.1 Å². The highest BCUT2D eigenvalue weighted by atomic mass is 32.2. The van der Waals surface area contributed by atoms with E-state index >= 15 is 0 Å². The van der Waals surface area contributed by atoms with Crippen molar-refractivity contribution in [2.75, 3.05) is 16.6 Å². The summed E-state index contributed by atoms with van der Waals surface area (Å²) >= 11 is 0. The minimum Gasteiger partial charge on any atom is -0.383 e. The molecule has 2 rings (SSSR count). The number of anilines is 2. The Kier molecular flexibility index (Phi) is 3.73. The number of fused-ring (bicyclic) bond motifs is 1. The Morgan fingerprint density at radius 2 is 2.00 bits per heavy atom. The van der Waals surface area contributed by atoms with Gasteiger partial charge in [-0.25, -0.2) is 0 Å². The fourth-order valence-corrected chi connectivity index (χ4v) is 3.48. The van der Waals surface area contributed by atoms with Crippen molar-refractivity contribution in [3.63, 3.8) is 0 Å². The fraction of sp³-hybridized carbons (Fsp3) is 0.538. The number of para-hydroxylation sites is 1. The minimum absolute atomic E-state index is 0.506. The maximum Gasteiger partial charge on any atom is 0.299 e. The fourth-order valence-electron chi connectivity index (χ4n) is 2.17. The normalized spacial score (nSPS) is 15.5. The highest BCUT2D eigenvalue weighted by Gasteiger charge is 2.21. The molecule has 5 nitrogen and oxygen atoms in total. The molecule has 0 aliphatic carbocycles. The average molecular weight is 283 g/mol. The first-order valence-corrected chi connectivity index (χ1v) is 7.93. The molecule has 1 aliphatic heterocycles. The highest BCUT2D eigenvalue weighted by molar-refractivity contribution is 7.90. The first kappa shape index (κ1) is 14.1. The van der Waals surface area contributed by atoms with Gasteiger partial charge < -0.3 is 5.32 Å². The summed E-state index contributed by atoms with van der Waals surface area (Å²) in [5.74, 6) is 0. The summed E-state index contributed by atoms with van der Waals surface area (Å²) in [6.45, 7) is 6.30. The number of hydrogen-bond donors (Lipinski definition) is 3. The molecule has 0 saturated carbocycles. The van der Waals surface area contributed by atoms with E-state index in [2.05, 4.69) is 14.8 Å². The Bertz CT molecular complexity index is 562. The molecule has 1 aromatic carbocycles. The zero-order valence-electron chi connectivity index (χ0n) is 11.6. The molecular weight excluding hydrogens is 262 g/mol. The van der Waals surface area contributed by atoms with Crippen LogP contribution in [0.15, 0.2) is 18.2 Å². The van der Waals surface area contributed by atoms with E-state index in [1.807, 2.05) is 32.9 Å². The van der Waals surface area contributed by atoms with Gasteiger partial charge in [0.05, 0.1) is 11.4 Å². The van der Waals surface area contributed by atoms with E-state index in [0.29, 0.717) is 5.69 Å². The maximum absolute atomic E-state index is 12.1. The molecule has 0 saturated heterocycles. The molecular formula is C13H21N3O2S. The molecule has 1 aliphatic rings. The molecule has 0 radical (unpaired) electrons. The summed E-state index contributed by atoms with van der Waals surface area (Å²) in [4.78, 5) is 0. The monoisotopic (exact) mass is 283 g/mol. The summed E-state index contributed by atoms with van der Waals surface area (Å²) in [6, 6.07) is 5.68. The van der Waals surface area contributed by atoms with Crippen LogP contribution in [0.5, 0.6) is 0 Å². The maximum atomic E-state index is 12.1. The van der Waals surface area contributed by atoms with Crippen molar-refractivity contribution in [2.45, 2.75) is 39.2 Å². The van der Waals surface area contributed by atoms with Gasteiger partial charge in [-0.1, -0.05) is 12.1 Å². The van der Waals surface area contributed by atoms with Gasteiger partial charge in [-0.15, -0.1) is 0 Å². The summed E-state index contributed by atoms with van der Waals surface area (Å²) in [5.41, 5.74) is 2.15. The Balaban J connectivity index is 2.24. The van der Waals surface area contributed by atoms with E-state index in [0.717, 1.165) is 30.6 Å². The van der Waals surface area contributed by atoms with Crippen LogP contribution in [0.3, 0.4) is 0 Å². The first-order valence-electron chi connectivity index (χ1n) is 6.44. The van der Waals surface area contributed by atoms with E-state index in [4.69, 9.17) is 0 Å². The third-order valence-corrected chi connectivity index (χ3v) is 4.13. The van der Waals surface area contributed by atoms with E-state index in [-0.39, 0.29) is 0 Å². The second-order valence-electron chi connectivity index (χ2n) is 5.83. The SMILES string of the molecule is CC(C)(C)NS(=O)(=O)Nc1cccc2c1NCCC2. The molecule has 1 aromatic rings. The van der Waals surface area contributed by atoms with Crippen molar-refractivity contribution in [3.05, 3.63) is 23.8 Å². The number of nitrogens with one attached hydrogen (secondary N) is 3. The quantitative estimate of drug-likeness (QED) is 0.795. The second kappa shape index (κ2) is 5.02. The lowest BCUT2D eigenvalue weighted by Gasteiger charge is -2.24. The van der Waals surface area contributed by atoms with Gasteiger partial charge in [0.25, 0.3) is 10.2 Å². The zero-order chi connectivity index (χ0) is 14.1. The predicted octanol–water partition coefficient (Wildman–Crippen LogP) is 2.09. The Labute approximate surface area is 115 Å². The Morgan fingerprint density at radius 1 is 1.26 bits per heavy atom. The topological polar surface area (TPSA) is 70.2 Å². The van der Waals surface area contributed by atoms with Crippen LogP contribution in [-0.2, 0) is 16.6 Å². The summed E-state index contributed by atoms with van der Waals surface area (Å²) < 4.78 is 29.3. The minimum atomic E-state index is -3.57. The third kappa shape index (κ3) is 3.84. The smallest absolute Gasteiger partial charge is 0.299 e. The van der Waals surface area contributed by atoms with Gasteiger partial charge in [0, 0.05) is 12.1 Å². The molecule has 19 heavy (non-hydrogen) atoms. The lowest BCUT2D eigenvalue weighted by atomic mass is 10.0. The van der Waals surface area contributed by atoms with Gasteiger partial charge in [-0.3, -0.25) is 4.72 Å². The molecule has 0 unspecified atom stereocenters. The van der Waals surface area contributed by atoms with Crippen LogP contribution in [0.2, 0.25) is 0 Å². The molecule has 0 fully saturated rings. The van der Waals surface area contributed by atoms with E-state index in [1.165, 1.54) is 0 Å². The molecule has 0 amide bonds. The standard InChI is InChI=1S/C13H21N3O2S/c1-13(2,3)16-19(17,18)15-11-8-4-6-10-7-5-9-14-12(10)11/h4,6,8,14-16H,5,7,9H2,1-3H3. The molecule has 6 heteroatoms. The van der Waals surface area contributed by atoms with Crippen molar-refractivity contribution in [2.24, 2.45) is 0 Å². The van der Waals surface area contributed by atoms with E-state index in [9.17, 15) is 8.42 Å². The molecule has 0 atom stereocenters. The lowest BCUT2D eigenvalue weighted by Crippen LogP contribution is -2.43.